The second-order valence-corrected chi connectivity index (χ2v) is 7.62. The summed E-state index contributed by atoms with van der Waals surface area (Å²) in [6, 6.07) is 3.30. The number of aromatic nitrogens is 1. The summed E-state index contributed by atoms with van der Waals surface area (Å²) in [5.74, 6) is -1.72. The van der Waals surface area contributed by atoms with Crippen molar-refractivity contribution in [1.29, 1.82) is 0 Å². The van der Waals surface area contributed by atoms with Crippen molar-refractivity contribution in [2.45, 2.75) is 25.8 Å². The normalized spacial score (nSPS) is 11.7. The Morgan fingerprint density at radius 3 is 2.68 bits per heavy atom. The number of benzene rings is 1. The summed E-state index contributed by atoms with van der Waals surface area (Å²) < 4.78 is 0. The van der Waals surface area contributed by atoms with Crippen molar-refractivity contribution >= 4 is 52.4 Å². The number of hydrogen-bond donors (Lipinski definition) is 4. The number of hydrogen-bond acceptors (Lipinski definition) is 5. The van der Waals surface area contributed by atoms with Crippen LogP contribution in [0, 0.1) is 6.92 Å². The average molecular weight is 445 g/mol. The molecule has 0 aliphatic carbocycles. The summed E-state index contributed by atoms with van der Waals surface area (Å²) in [6.45, 7) is 1.87. The van der Waals surface area contributed by atoms with Gasteiger partial charge in [-0.15, -0.1) is 11.3 Å². The number of urea groups is 1. The smallest absolute Gasteiger partial charge is 0.326 e. The minimum atomic E-state index is -1.17. The van der Waals surface area contributed by atoms with E-state index >= 15 is 0 Å². The number of thiazole rings is 1. The molecule has 1 atom stereocenters. The Hall–Kier alpha value is -2.36. The minimum Gasteiger partial charge on any atom is -0.480 e. The molecule has 0 unspecified atom stereocenters. The molecule has 2 rings (SSSR count). The van der Waals surface area contributed by atoms with Gasteiger partial charge in [-0.1, -0.05) is 35.3 Å². The van der Waals surface area contributed by atoms with Gasteiger partial charge in [0.15, 0.2) is 0 Å². The predicted molar refractivity (Wildman–Crippen MR) is 108 cm³/mol. The molecule has 0 saturated heterocycles. The van der Waals surface area contributed by atoms with E-state index in [1.807, 2.05) is 0 Å². The maximum Gasteiger partial charge on any atom is 0.326 e. The Morgan fingerprint density at radius 2 is 2.04 bits per heavy atom. The maximum atomic E-state index is 12.6. The lowest BCUT2D eigenvalue weighted by Crippen LogP contribution is -2.41. The molecule has 0 radical (unpaired) electrons. The largest absolute Gasteiger partial charge is 0.480 e. The van der Waals surface area contributed by atoms with Gasteiger partial charge in [-0.05, 0) is 25.8 Å². The molecule has 1 heterocycles. The van der Waals surface area contributed by atoms with E-state index < -0.39 is 23.9 Å². The van der Waals surface area contributed by atoms with E-state index in [0.717, 1.165) is 11.3 Å². The third-order valence-corrected chi connectivity index (χ3v) is 5.77. The molecule has 28 heavy (non-hydrogen) atoms. The first-order valence-electron chi connectivity index (χ1n) is 8.19. The van der Waals surface area contributed by atoms with Gasteiger partial charge in [0, 0.05) is 12.1 Å². The van der Waals surface area contributed by atoms with Crippen LogP contribution >= 0.6 is 34.5 Å². The number of aryl methyl sites for hydroxylation is 1. The van der Waals surface area contributed by atoms with Crippen LogP contribution in [0.2, 0.25) is 10.0 Å². The number of nitrogens with two attached hydrogens (primary N) is 1. The van der Waals surface area contributed by atoms with Crippen LogP contribution in [-0.4, -0.2) is 40.6 Å². The quantitative estimate of drug-likeness (QED) is 0.464. The van der Waals surface area contributed by atoms with E-state index in [1.54, 1.807) is 25.1 Å². The van der Waals surface area contributed by atoms with Crippen LogP contribution in [-0.2, 0) is 4.79 Å². The highest BCUT2D eigenvalue weighted by Crippen LogP contribution is 2.36. The molecule has 2 aromatic rings. The zero-order valence-corrected chi connectivity index (χ0v) is 17.1. The van der Waals surface area contributed by atoms with Gasteiger partial charge >= 0.3 is 12.0 Å². The molecule has 11 heteroatoms. The van der Waals surface area contributed by atoms with Crippen LogP contribution in [0.4, 0.5) is 4.79 Å². The van der Waals surface area contributed by atoms with Crippen molar-refractivity contribution in [3.05, 3.63) is 38.8 Å². The SMILES string of the molecule is Cc1nc(-c2cccc(Cl)c2Cl)sc1C(=O)N[C@@H](CCCNC(N)=O)C(=O)O. The predicted octanol–water partition coefficient (Wildman–Crippen LogP) is 3.06. The fraction of sp³-hybridized carbons (Fsp3) is 0.294. The Balaban J connectivity index is 2.12. The second kappa shape index (κ2) is 9.72. The molecule has 8 nitrogen and oxygen atoms in total. The van der Waals surface area contributed by atoms with Gasteiger partial charge in [0.05, 0.1) is 15.7 Å². The lowest BCUT2D eigenvalue weighted by Gasteiger charge is -2.14. The fourth-order valence-corrected chi connectivity index (χ4v) is 3.84. The van der Waals surface area contributed by atoms with Crippen LogP contribution in [0.25, 0.3) is 10.6 Å². The van der Waals surface area contributed by atoms with Gasteiger partial charge in [-0.2, -0.15) is 0 Å². The summed E-state index contributed by atoms with van der Waals surface area (Å²) >= 11 is 13.3. The zero-order chi connectivity index (χ0) is 20.8. The number of amides is 3. The molecule has 0 aliphatic heterocycles. The maximum absolute atomic E-state index is 12.6. The van der Waals surface area contributed by atoms with Crippen molar-refractivity contribution in [3.8, 4) is 10.6 Å². The number of nitrogens with one attached hydrogen (secondary N) is 2. The third kappa shape index (κ3) is 5.57. The molecule has 1 aromatic heterocycles. The number of carbonyl (C=O) groups is 3. The highest BCUT2D eigenvalue weighted by atomic mass is 35.5. The molecule has 0 saturated carbocycles. The van der Waals surface area contributed by atoms with Gasteiger partial charge < -0.3 is 21.5 Å². The van der Waals surface area contributed by atoms with Gasteiger partial charge in [0.1, 0.15) is 15.9 Å². The molecule has 1 aromatic carbocycles. The highest BCUT2D eigenvalue weighted by Gasteiger charge is 2.24. The van der Waals surface area contributed by atoms with Crippen LogP contribution in [0.3, 0.4) is 0 Å². The summed E-state index contributed by atoms with van der Waals surface area (Å²) in [6.07, 6.45) is 0.470. The van der Waals surface area contributed by atoms with Gasteiger partial charge in [-0.25, -0.2) is 14.6 Å². The number of aliphatic carboxylic acids is 1. The van der Waals surface area contributed by atoms with E-state index in [1.165, 1.54) is 0 Å². The number of carbonyl (C=O) groups excluding carboxylic acids is 2. The Kier molecular flexibility index (Phi) is 7.61. The lowest BCUT2D eigenvalue weighted by molar-refractivity contribution is -0.139. The number of carboxylic acid groups (broad SMARTS) is 1. The van der Waals surface area contributed by atoms with Crippen LogP contribution in [0.15, 0.2) is 18.2 Å². The molecule has 0 spiro atoms. The van der Waals surface area contributed by atoms with E-state index in [-0.39, 0.29) is 17.8 Å². The van der Waals surface area contributed by atoms with Crippen molar-refractivity contribution in [3.63, 3.8) is 0 Å². The highest BCUT2D eigenvalue weighted by molar-refractivity contribution is 7.17. The van der Waals surface area contributed by atoms with Crippen molar-refractivity contribution in [2.75, 3.05) is 6.54 Å². The topological polar surface area (TPSA) is 134 Å². The van der Waals surface area contributed by atoms with E-state index in [4.69, 9.17) is 28.9 Å². The Morgan fingerprint density at radius 1 is 1.32 bits per heavy atom. The first-order chi connectivity index (χ1) is 13.2. The summed E-state index contributed by atoms with van der Waals surface area (Å²) in [5.41, 5.74) is 6.00. The van der Waals surface area contributed by atoms with Crippen molar-refractivity contribution in [2.24, 2.45) is 5.73 Å². The third-order valence-electron chi connectivity index (χ3n) is 3.76. The van der Waals surface area contributed by atoms with Crippen LogP contribution in [0.1, 0.15) is 28.2 Å². The molecule has 0 aliphatic rings. The number of halogens is 2. The molecule has 150 valence electrons. The molecule has 5 N–H and O–H groups in total. The Labute approximate surface area is 175 Å². The Bertz CT molecular complexity index is 903. The fourth-order valence-electron chi connectivity index (χ4n) is 2.39. The monoisotopic (exact) mass is 444 g/mol. The van der Waals surface area contributed by atoms with Crippen molar-refractivity contribution in [1.82, 2.24) is 15.6 Å². The molecule has 3 amide bonds. The first kappa shape index (κ1) is 21.9. The minimum absolute atomic E-state index is 0.131. The number of carboxylic acids is 1. The lowest BCUT2D eigenvalue weighted by atomic mass is 10.1. The first-order valence-corrected chi connectivity index (χ1v) is 9.76. The van der Waals surface area contributed by atoms with E-state index in [9.17, 15) is 19.5 Å². The van der Waals surface area contributed by atoms with Gasteiger partial charge in [0.2, 0.25) is 0 Å². The standard InChI is InChI=1S/C17H18Cl2N4O4S/c1-8-13(28-15(22-8)9-4-2-5-10(18)12(9)19)14(24)23-11(16(25)26)6-3-7-21-17(20)27/h2,4-5,11H,3,6-7H2,1H3,(H,23,24)(H,25,26)(H3,20,21,27)/t11-/m0/s1. The number of primary amides is 1. The van der Waals surface area contributed by atoms with Gasteiger partial charge in [0.25, 0.3) is 5.91 Å². The van der Waals surface area contributed by atoms with E-state index in [0.29, 0.717) is 32.7 Å². The molecule has 0 fully saturated rings. The summed E-state index contributed by atoms with van der Waals surface area (Å²) in [4.78, 5) is 39.3. The van der Waals surface area contributed by atoms with Crippen LogP contribution < -0.4 is 16.4 Å². The number of nitrogens with zero attached hydrogens (tertiary/aromatic N) is 1. The summed E-state index contributed by atoms with van der Waals surface area (Å²) in [7, 11) is 0. The van der Waals surface area contributed by atoms with Gasteiger partial charge in [-0.3, -0.25) is 4.79 Å². The van der Waals surface area contributed by atoms with Crippen LogP contribution in [0.5, 0.6) is 0 Å². The van der Waals surface area contributed by atoms with E-state index in [2.05, 4.69) is 15.6 Å². The second-order valence-electron chi connectivity index (χ2n) is 5.83. The molecular formula is C17H18Cl2N4O4S. The van der Waals surface area contributed by atoms with Crippen molar-refractivity contribution < 1.29 is 19.5 Å². The average Bonchev–Trinajstić information content (AvgIpc) is 3.01. The molecule has 0 bridgehead atoms. The number of rotatable bonds is 8. The zero-order valence-electron chi connectivity index (χ0n) is 14.8. The summed E-state index contributed by atoms with van der Waals surface area (Å²) in [5, 5.41) is 15.4. The molecular weight excluding hydrogens is 427 g/mol.